The molecule has 1 aromatic carbocycles. The van der Waals surface area contributed by atoms with Gasteiger partial charge < -0.3 is 15.8 Å². The van der Waals surface area contributed by atoms with Gasteiger partial charge in [0.25, 0.3) is 0 Å². The van der Waals surface area contributed by atoms with E-state index in [4.69, 9.17) is 10.5 Å². The van der Waals surface area contributed by atoms with Gasteiger partial charge in [0.1, 0.15) is 5.75 Å². The highest BCUT2D eigenvalue weighted by Gasteiger charge is 2.20. The van der Waals surface area contributed by atoms with Crippen LogP contribution >= 0.6 is 0 Å². The van der Waals surface area contributed by atoms with Crippen molar-refractivity contribution in [2.24, 2.45) is 5.73 Å². The van der Waals surface area contributed by atoms with Crippen molar-refractivity contribution < 1.29 is 9.53 Å². The van der Waals surface area contributed by atoms with Crippen molar-refractivity contribution in [1.82, 2.24) is 5.32 Å². The van der Waals surface area contributed by atoms with E-state index < -0.39 is 0 Å². The molecule has 1 aliphatic heterocycles. The van der Waals surface area contributed by atoms with Gasteiger partial charge in [-0.2, -0.15) is 0 Å². The molecule has 1 atom stereocenters. The quantitative estimate of drug-likeness (QED) is 0.853. The van der Waals surface area contributed by atoms with Gasteiger partial charge in [-0.15, -0.1) is 0 Å². The highest BCUT2D eigenvalue weighted by Crippen LogP contribution is 2.31. The molecule has 1 aliphatic rings. The number of fused-ring (bicyclic) bond motifs is 1. The van der Waals surface area contributed by atoms with Crippen molar-refractivity contribution in [3.63, 3.8) is 0 Å². The van der Waals surface area contributed by atoms with Crippen LogP contribution in [0.4, 0.5) is 0 Å². The molecule has 0 saturated heterocycles. The summed E-state index contributed by atoms with van der Waals surface area (Å²) >= 11 is 0. The molecule has 4 heteroatoms. The summed E-state index contributed by atoms with van der Waals surface area (Å²) in [5, 5.41) is 3.08. The van der Waals surface area contributed by atoms with Crippen molar-refractivity contribution in [3.8, 4) is 5.75 Å². The molecule has 0 aromatic heterocycles. The molecule has 1 amide bonds. The maximum Gasteiger partial charge on any atom is 0.220 e. The Morgan fingerprint density at radius 3 is 3.11 bits per heavy atom. The van der Waals surface area contributed by atoms with E-state index in [1.165, 1.54) is 0 Å². The average molecular weight is 248 g/mol. The number of rotatable bonds is 4. The van der Waals surface area contributed by atoms with E-state index in [2.05, 4.69) is 5.32 Å². The van der Waals surface area contributed by atoms with Crippen molar-refractivity contribution in [2.45, 2.75) is 31.7 Å². The van der Waals surface area contributed by atoms with E-state index >= 15 is 0 Å². The zero-order chi connectivity index (χ0) is 12.8. The lowest BCUT2D eigenvalue weighted by Crippen LogP contribution is -2.28. The van der Waals surface area contributed by atoms with E-state index in [0.717, 1.165) is 30.6 Å². The average Bonchev–Trinajstić information content (AvgIpc) is 2.59. The van der Waals surface area contributed by atoms with Gasteiger partial charge in [0.2, 0.25) is 5.91 Å². The first-order valence-electron chi connectivity index (χ1n) is 6.52. The Hall–Kier alpha value is -1.55. The maximum absolute atomic E-state index is 11.8. The van der Waals surface area contributed by atoms with Gasteiger partial charge in [0.15, 0.2) is 0 Å². The molecule has 1 heterocycles. The first-order chi connectivity index (χ1) is 8.81. The van der Waals surface area contributed by atoms with Crippen LogP contribution in [0.5, 0.6) is 5.75 Å². The van der Waals surface area contributed by atoms with E-state index in [1.807, 2.05) is 24.3 Å². The highest BCUT2D eigenvalue weighted by molar-refractivity contribution is 5.76. The number of hydrogen-bond acceptors (Lipinski definition) is 3. The van der Waals surface area contributed by atoms with E-state index in [0.29, 0.717) is 19.6 Å². The fourth-order valence-electron chi connectivity index (χ4n) is 2.20. The number of ether oxygens (including phenoxy) is 1. The zero-order valence-corrected chi connectivity index (χ0v) is 10.5. The highest BCUT2D eigenvalue weighted by atomic mass is 16.5. The third kappa shape index (κ3) is 3.23. The van der Waals surface area contributed by atoms with E-state index in [9.17, 15) is 4.79 Å². The van der Waals surface area contributed by atoms with Gasteiger partial charge in [-0.05, 0) is 31.9 Å². The molecule has 2 rings (SSSR count). The lowest BCUT2D eigenvalue weighted by molar-refractivity contribution is -0.121. The maximum atomic E-state index is 11.8. The molecule has 0 fully saturated rings. The number of nitrogens with one attached hydrogen (secondary N) is 1. The number of hydrogen-bond donors (Lipinski definition) is 2. The fraction of sp³-hybridized carbons (Fsp3) is 0.500. The van der Waals surface area contributed by atoms with Crippen molar-refractivity contribution in [3.05, 3.63) is 29.8 Å². The molecule has 3 N–H and O–H groups in total. The SMILES string of the molecule is NCCCC(=O)NC1CCCOc2ccccc21. The van der Waals surface area contributed by atoms with Gasteiger partial charge in [-0.1, -0.05) is 18.2 Å². The second kappa shape index (κ2) is 6.40. The number of carbonyl (C=O) groups is 1. The molecule has 0 spiro atoms. The second-order valence-corrected chi connectivity index (χ2v) is 4.54. The Labute approximate surface area is 108 Å². The third-order valence-corrected chi connectivity index (χ3v) is 3.13. The minimum Gasteiger partial charge on any atom is -0.493 e. The summed E-state index contributed by atoms with van der Waals surface area (Å²) in [6.45, 7) is 1.27. The first kappa shape index (κ1) is 12.9. The molecule has 18 heavy (non-hydrogen) atoms. The molecule has 0 bridgehead atoms. The predicted octanol–water partition coefficient (Wildman–Crippen LogP) is 1.76. The summed E-state index contributed by atoms with van der Waals surface area (Å²) in [4.78, 5) is 11.8. The predicted molar refractivity (Wildman–Crippen MR) is 70.3 cm³/mol. The van der Waals surface area contributed by atoms with Crippen LogP contribution in [0, 0.1) is 0 Å². The van der Waals surface area contributed by atoms with Crippen molar-refractivity contribution in [1.29, 1.82) is 0 Å². The molecule has 0 aliphatic carbocycles. The Morgan fingerprint density at radius 2 is 2.28 bits per heavy atom. The summed E-state index contributed by atoms with van der Waals surface area (Å²) in [6.07, 6.45) is 3.11. The minimum atomic E-state index is 0.0639. The van der Waals surface area contributed by atoms with Crippen LogP contribution in [0.25, 0.3) is 0 Å². The van der Waals surface area contributed by atoms with Crippen LogP contribution < -0.4 is 15.8 Å². The number of carbonyl (C=O) groups excluding carboxylic acids is 1. The molecular weight excluding hydrogens is 228 g/mol. The topological polar surface area (TPSA) is 64.4 Å². The van der Waals surface area contributed by atoms with Crippen molar-refractivity contribution >= 4 is 5.91 Å². The molecule has 0 radical (unpaired) electrons. The molecule has 98 valence electrons. The number of amides is 1. The van der Waals surface area contributed by atoms with Crippen molar-refractivity contribution in [2.75, 3.05) is 13.2 Å². The number of nitrogens with two attached hydrogens (primary N) is 1. The summed E-state index contributed by atoms with van der Waals surface area (Å²) in [5.74, 6) is 0.960. The van der Waals surface area contributed by atoms with Crippen LogP contribution in [-0.4, -0.2) is 19.1 Å². The molecule has 1 aromatic rings. The lowest BCUT2D eigenvalue weighted by atomic mass is 10.0. The van der Waals surface area contributed by atoms with Gasteiger partial charge >= 0.3 is 0 Å². The van der Waals surface area contributed by atoms with Gasteiger partial charge in [-0.25, -0.2) is 0 Å². The van der Waals surface area contributed by atoms with E-state index in [1.54, 1.807) is 0 Å². The van der Waals surface area contributed by atoms with Crippen LogP contribution in [0.1, 0.15) is 37.3 Å². The van der Waals surface area contributed by atoms with Gasteiger partial charge in [-0.3, -0.25) is 4.79 Å². The van der Waals surface area contributed by atoms with Gasteiger partial charge in [0, 0.05) is 12.0 Å². The standard InChI is InChI=1S/C14H20N2O2/c15-9-3-8-14(17)16-12-6-4-10-18-13-7-2-1-5-11(12)13/h1-2,5,7,12H,3-4,6,8-10,15H2,(H,16,17). The molecular formula is C14H20N2O2. The van der Waals surface area contributed by atoms with Crippen LogP contribution in [0.15, 0.2) is 24.3 Å². The normalized spacial score (nSPS) is 18.4. The summed E-state index contributed by atoms with van der Waals surface area (Å²) in [6, 6.07) is 7.98. The minimum absolute atomic E-state index is 0.0639. The summed E-state index contributed by atoms with van der Waals surface area (Å²) < 4.78 is 5.67. The van der Waals surface area contributed by atoms with E-state index in [-0.39, 0.29) is 11.9 Å². The molecule has 1 unspecified atom stereocenters. The Balaban J connectivity index is 2.06. The summed E-state index contributed by atoms with van der Waals surface area (Å²) in [5.41, 5.74) is 6.49. The van der Waals surface area contributed by atoms with Crippen LogP contribution in [-0.2, 0) is 4.79 Å². The Bertz CT molecular complexity index is 407. The largest absolute Gasteiger partial charge is 0.493 e. The molecule has 4 nitrogen and oxygen atoms in total. The monoisotopic (exact) mass is 248 g/mol. The number of benzene rings is 1. The lowest BCUT2D eigenvalue weighted by Gasteiger charge is -2.18. The number of para-hydroxylation sites is 1. The Kier molecular flexibility index (Phi) is 4.59. The first-order valence-corrected chi connectivity index (χ1v) is 6.52. The van der Waals surface area contributed by atoms with Gasteiger partial charge in [0.05, 0.1) is 12.6 Å². The second-order valence-electron chi connectivity index (χ2n) is 4.54. The molecule has 0 saturated carbocycles. The summed E-state index contributed by atoms with van der Waals surface area (Å²) in [7, 11) is 0. The fourth-order valence-corrected chi connectivity index (χ4v) is 2.20. The van der Waals surface area contributed by atoms with Crippen LogP contribution in [0.3, 0.4) is 0 Å². The third-order valence-electron chi connectivity index (χ3n) is 3.13. The smallest absolute Gasteiger partial charge is 0.220 e. The Morgan fingerprint density at radius 1 is 1.44 bits per heavy atom. The van der Waals surface area contributed by atoms with Crippen LogP contribution in [0.2, 0.25) is 0 Å². The zero-order valence-electron chi connectivity index (χ0n) is 10.5.